The van der Waals surface area contributed by atoms with Gasteiger partial charge in [-0.05, 0) is 81.8 Å². The Morgan fingerprint density at radius 1 is 0.795 bits per heavy atom. The van der Waals surface area contributed by atoms with E-state index >= 15 is 0 Å². The molecule has 1 fully saturated rings. The third-order valence-corrected chi connectivity index (χ3v) is 7.72. The number of esters is 2. The second-order valence-corrected chi connectivity index (χ2v) is 12.4. The number of hydrogen-bond donors (Lipinski definition) is 1. The number of hydrogen-bond acceptors (Lipinski definition) is 8. The fourth-order valence-electron chi connectivity index (χ4n) is 5.58. The lowest BCUT2D eigenvalue weighted by Crippen LogP contribution is -2.60. The molecule has 0 aliphatic carbocycles. The van der Waals surface area contributed by atoms with Gasteiger partial charge in [-0.25, -0.2) is 14.4 Å². The second kappa shape index (κ2) is 16.9. The average molecular weight is 614 g/mol. The molecule has 0 radical (unpaired) electrons. The van der Waals surface area contributed by atoms with E-state index in [1.54, 1.807) is 0 Å². The monoisotopic (exact) mass is 613 g/mol. The summed E-state index contributed by atoms with van der Waals surface area (Å²) in [5.74, 6) is 0.451. The topological polar surface area (TPSA) is 109 Å². The number of methoxy groups -OCH3 is 2. The van der Waals surface area contributed by atoms with E-state index in [9.17, 15) is 14.4 Å². The molecule has 1 amide bonds. The second-order valence-electron chi connectivity index (χ2n) is 12.4. The first kappa shape index (κ1) is 34.7. The first-order valence-electron chi connectivity index (χ1n) is 15.4. The van der Waals surface area contributed by atoms with Crippen molar-refractivity contribution in [1.29, 1.82) is 0 Å². The van der Waals surface area contributed by atoms with Crippen molar-refractivity contribution in [3.05, 3.63) is 59.7 Å². The third kappa shape index (κ3) is 12.4. The predicted octanol–water partition coefficient (Wildman–Crippen LogP) is 4.86. The Labute approximate surface area is 261 Å². The van der Waals surface area contributed by atoms with Crippen LogP contribution in [0.2, 0.25) is 0 Å². The van der Waals surface area contributed by atoms with Crippen LogP contribution < -0.4 is 14.8 Å². The number of piperidine rings is 1. The molecule has 0 saturated carbocycles. The van der Waals surface area contributed by atoms with Crippen molar-refractivity contribution in [2.24, 2.45) is 0 Å². The van der Waals surface area contributed by atoms with Gasteiger partial charge in [-0.3, -0.25) is 0 Å². The minimum atomic E-state index is -0.537. The van der Waals surface area contributed by atoms with E-state index in [0.717, 1.165) is 69.2 Å². The molecular weight excluding hydrogens is 564 g/mol. The lowest BCUT2D eigenvalue weighted by atomic mass is 9.99. The number of likely N-dealkylation sites (tertiary alicyclic amines) is 1. The van der Waals surface area contributed by atoms with Crippen LogP contribution in [0.3, 0.4) is 0 Å². The smallest absolute Gasteiger partial charge is 0.408 e. The Hall–Kier alpha value is -3.79. The number of amides is 1. The number of aryl methyl sites for hydroxylation is 2. The van der Waals surface area contributed by atoms with Gasteiger partial charge in [0, 0.05) is 12.8 Å². The van der Waals surface area contributed by atoms with Gasteiger partial charge in [0.2, 0.25) is 0 Å². The standard InChI is InChI=1S/C34H48N2O8/c1-34(2,3)44-33(39)35-28-11-8-22-36(23-28,20-6-9-26-12-16-29(17-13-26)42-24-31(37)40-4)21-7-10-27-14-18-30(19-15-27)43-25-32(38)41-5/h12-19,28H,6-11,20-25H2,1-5H3/p+1. The molecule has 242 valence electrons. The maximum atomic E-state index is 12.6. The van der Waals surface area contributed by atoms with E-state index in [1.165, 1.54) is 25.3 Å². The quantitative estimate of drug-likeness (QED) is 0.172. The lowest BCUT2D eigenvalue weighted by molar-refractivity contribution is -0.933. The Morgan fingerprint density at radius 3 is 1.70 bits per heavy atom. The molecular formula is C34H49N2O8+. The summed E-state index contributed by atoms with van der Waals surface area (Å²) in [7, 11) is 2.68. The van der Waals surface area contributed by atoms with Crippen LogP contribution >= 0.6 is 0 Å². The molecule has 1 atom stereocenters. The normalized spacial score (nSPS) is 16.0. The zero-order valence-corrected chi connectivity index (χ0v) is 26.9. The lowest BCUT2D eigenvalue weighted by Gasteiger charge is -2.45. The SMILES string of the molecule is COC(=O)COc1ccc(CCC[N+]2(CCCc3ccc(OCC(=O)OC)cc3)CCCC(NC(=O)OC(C)(C)C)C2)cc1. The molecule has 1 aliphatic rings. The molecule has 3 rings (SSSR count). The minimum Gasteiger partial charge on any atom is -0.482 e. The van der Waals surface area contributed by atoms with Crippen LogP contribution in [0.25, 0.3) is 0 Å². The predicted molar refractivity (Wildman–Crippen MR) is 167 cm³/mol. The number of rotatable bonds is 15. The highest BCUT2D eigenvalue weighted by Gasteiger charge is 2.35. The summed E-state index contributed by atoms with van der Waals surface area (Å²) in [5.41, 5.74) is 1.89. The number of ether oxygens (including phenoxy) is 5. The molecule has 0 aromatic heterocycles. The van der Waals surface area contributed by atoms with Crippen LogP contribution in [0.4, 0.5) is 4.79 Å². The number of carbonyl (C=O) groups excluding carboxylic acids is 3. The summed E-state index contributed by atoms with van der Waals surface area (Å²) in [4.78, 5) is 35.3. The largest absolute Gasteiger partial charge is 0.482 e. The van der Waals surface area contributed by atoms with Crippen LogP contribution in [0.15, 0.2) is 48.5 Å². The fraction of sp³-hybridized carbons (Fsp3) is 0.559. The molecule has 1 heterocycles. The van der Waals surface area contributed by atoms with Crippen molar-refractivity contribution < 1.29 is 42.6 Å². The molecule has 1 unspecified atom stereocenters. The van der Waals surface area contributed by atoms with E-state index in [-0.39, 0.29) is 25.3 Å². The molecule has 10 heteroatoms. The highest BCUT2D eigenvalue weighted by Crippen LogP contribution is 2.24. The zero-order chi connectivity index (χ0) is 32.0. The Kier molecular flexibility index (Phi) is 13.3. The third-order valence-electron chi connectivity index (χ3n) is 7.72. The van der Waals surface area contributed by atoms with Gasteiger partial charge in [0.25, 0.3) is 0 Å². The van der Waals surface area contributed by atoms with Gasteiger partial charge in [-0.2, -0.15) is 0 Å². The summed E-state index contributed by atoms with van der Waals surface area (Å²) >= 11 is 0. The molecule has 0 bridgehead atoms. The van der Waals surface area contributed by atoms with Gasteiger partial charge in [0.05, 0.1) is 46.4 Å². The number of quaternary nitrogens is 1. The molecule has 0 spiro atoms. The van der Waals surface area contributed by atoms with Crippen molar-refractivity contribution in [2.45, 2.75) is 70.9 Å². The maximum Gasteiger partial charge on any atom is 0.408 e. The van der Waals surface area contributed by atoms with Crippen molar-refractivity contribution in [3.8, 4) is 11.5 Å². The van der Waals surface area contributed by atoms with Crippen LogP contribution in [-0.2, 0) is 36.6 Å². The average Bonchev–Trinajstić information content (AvgIpc) is 2.99. The summed E-state index contributed by atoms with van der Waals surface area (Å²) < 4.78 is 26.7. The van der Waals surface area contributed by atoms with Crippen molar-refractivity contribution in [1.82, 2.24) is 5.32 Å². The first-order valence-corrected chi connectivity index (χ1v) is 15.4. The Morgan fingerprint density at radius 2 is 1.27 bits per heavy atom. The number of alkyl carbamates (subject to hydrolysis) is 1. The van der Waals surface area contributed by atoms with E-state index in [2.05, 4.69) is 14.8 Å². The number of nitrogens with zero attached hydrogens (tertiary/aromatic N) is 1. The van der Waals surface area contributed by atoms with E-state index in [1.807, 2.05) is 69.3 Å². The van der Waals surface area contributed by atoms with Gasteiger partial charge in [0.1, 0.15) is 17.1 Å². The molecule has 44 heavy (non-hydrogen) atoms. The summed E-state index contributed by atoms with van der Waals surface area (Å²) in [6.07, 6.45) is 5.49. The van der Waals surface area contributed by atoms with E-state index < -0.39 is 17.5 Å². The van der Waals surface area contributed by atoms with Gasteiger partial charge in [-0.1, -0.05) is 24.3 Å². The van der Waals surface area contributed by atoms with Crippen molar-refractivity contribution in [2.75, 3.05) is 53.6 Å². The van der Waals surface area contributed by atoms with Crippen LogP contribution in [0, 0.1) is 0 Å². The summed E-state index contributed by atoms with van der Waals surface area (Å²) in [6.45, 7) is 9.38. The van der Waals surface area contributed by atoms with Crippen LogP contribution in [0.1, 0.15) is 57.6 Å². The van der Waals surface area contributed by atoms with E-state index in [0.29, 0.717) is 11.5 Å². The van der Waals surface area contributed by atoms with Crippen molar-refractivity contribution in [3.63, 3.8) is 0 Å². The molecule has 1 N–H and O–H groups in total. The highest BCUT2D eigenvalue weighted by molar-refractivity contribution is 5.71. The Bertz CT molecular complexity index is 1120. The van der Waals surface area contributed by atoms with Gasteiger partial charge in [0.15, 0.2) is 13.2 Å². The van der Waals surface area contributed by atoms with Gasteiger partial charge >= 0.3 is 18.0 Å². The number of carbonyl (C=O) groups is 3. The highest BCUT2D eigenvalue weighted by atomic mass is 16.6. The number of nitrogens with one attached hydrogen (secondary N) is 1. The van der Waals surface area contributed by atoms with Crippen LogP contribution in [0.5, 0.6) is 11.5 Å². The van der Waals surface area contributed by atoms with Gasteiger partial charge < -0.3 is 33.5 Å². The van der Waals surface area contributed by atoms with Crippen molar-refractivity contribution >= 4 is 18.0 Å². The molecule has 1 saturated heterocycles. The van der Waals surface area contributed by atoms with Crippen LogP contribution in [-0.4, -0.2) is 87.8 Å². The fourth-order valence-corrected chi connectivity index (χ4v) is 5.58. The molecule has 1 aliphatic heterocycles. The molecule has 2 aromatic rings. The van der Waals surface area contributed by atoms with E-state index in [4.69, 9.17) is 14.2 Å². The zero-order valence-electron chi connectivity index (χ0n) is 26.9. The summed E-state index contributed by atoms with van der Waals surface area (Å²) in [5, 5.41) is 3.14. The summed E-state index contributed by atoms with van der Waals surface area (Å²) in [6, 6.07) is 15.8. The minimum absolute atomic E-state index is 0.0658. The first-order chi connectivity index (χ1) is 21.0. The molecule has 2 aromatic carbocycles. The maximum absolute atomic E-state index is 12.6. The number of benzene rings is 2. The van der Waals surface area contributed by atoms with Gasteiger partial charge in [-0.15, -0.1) is 0 Å². The molecule has 10 nitrogen and oxygen atoms in total. The Balaban J connectivity index is 1.59.